The molecular weight excluding hydrogens is 238 g/mol. The topological polar surface area (TPSA) is 50.1 Å². The molecule has 0 N–H and O–H groups in total. The lowest BCUT2D eigenvalue weighted by Gasteiger charge is -2.03. The minimum atomic E-state index is -0.419. The van der Waals surface area contributed by atoms with Crippen LogP contribution in [0.2, 0.25) is 0 Å². The molecule has 0 amide bonds. The second-order valence-electron chi connectivity index (χ2n) is 4.81. The van der Waals surface area contributed by atoms with Crippen molar-refractivity contribution in [2.45, 2.75) is 71.1 Å². The van der Waals surface area contributed by atoms with E-state index < -0.39 is 5.97 Å². The first-order valence-electron chi connectivity index (χ1n) is 7.54. The van der Waals surface area contributed by atoms with E-state index in [2.05, 4.69) is 6.92 Å². The van der Waals surface area contributed by atoms with Gasteiger partial charge in [0.1, 0.15) is 0 Å². The van der Waals surface area contributed by atoms with Gasteiger partial charge >= 0.3 is 5.97 Å². The van der Waals surface area contributed by atoms with Crippen LogP contribution in [0.1, 0.15) is 71.1 Å². The maximum atomic E-state index is 11.0. The molecule has 0 fully saturated rings. The summed E-state index contributed by atoms with van der Waals surface area (Å²) in [6.07, 6.45) is 15.0. The summed E-state index contributed by atoms with van der Waals surface area (Å²) in [6, 6.07) is 1.76. The minimum Gasteiger partial charge on any atom is -0.463 e. The Morgan fingerprint density at radius 3 is 2.05 bits per heavy atom. The van der Waals surface area contributed by atoms with Gasteiger partial charge in [0, 0.05) is 12.2 Å². The van der Waals surface area contributed by atoms with E-state index in [1.165, 1.54) is 51.4 Å². The number of nitriles is 1. The number of carbonyl (C=O) groups is 1. The maximum absolute atomic E-state index is 11.0. The van der Waals surface area contributed by atoms with Crippen molar-refractivity contribution in [3.63, 3.8) is 0 Å². The standard InChI is InChI=1S/C16H27NO2/c1-2-3-4-5-6-7-8-9-10-11-15-19-16(18)13-12-14-17/h12-13H,2-11,15H2,1H3. The zero-order valence-corrected chi connectivity index (χ0v) is 12.2. The fourth-order valence-corrected chi connectivity index (χ4v) is 1.92. The van der Waals surface area contributed by atoms with Gasteiger partial charge in [-0.05, 0) is 6.42 Å². The molecule has 0 aliphatic rings. The Bertz CT molecular complexity index is 279. The number of unbranched alkanes of at least 4 members (excludes halogenated alkanes) is 9. The average molecular weight is 265 g/mol. The predicted octanol–water partition coefficient (Wildman–Crippen LogP) is 4.53. The van der Waals surface area contributed by atoms with Crippen LogP contribution in [0.4, 0.5) is 0 Å². The molecule has 0 saturated heterocycles. The van der Waals surface area contributed by atoms with Gasteiger partial charge in [0.25, 0.3) is 0 Å². The number of carbonyl (C=O) groups excluding carboxylic acids is 1. The molecule has 0 aromatic carbocycles. The highest BCUT2D eigenvalue weighted by molar-refractivity contribution is 5.82. The van der Waals surface area contributed by atoms with Gasteiger partial charge in [-0.3, -0.25) is 0 Å². The molecule has 0 unspecified atom stereocenters. The summed E-state index contributed by atoms with van der Waals surface area (Å²) < 4.78 is 4.94. The van der Waals surface area contributed by atoms with E-state index in [0.717, 1.165) is 25.0 Å². The fraction of sp³-hybridized carbons (Fsp3) is 0.750. The highest BCUT2D eigenvalue weighted by Crippen LogP contribution is 2.10. The SMILES string of the molecule is CCCCCCCCCCCCOC(=O)C=CC#N. The first-order valence-corrected chi connectivity index (χ1v) is 7.54. The zero-order chi connectivity index (χ0) is 14.2. The molecule has 0 atom stereocenters. The highest BCUT2D eigenvalue weighted by Gasteiger charge is 1.96. The van der Waals surface area contributed by atoms with E-state index >= 15 is 0 Å². The average Bonchev–Trinajstić information content (AvgIpc) is 2.42. The molecule has 3 nitrogen and oxygen atoms in total. The third-order valence-electron chi connectivity index (χ3n) is 3.04. The third kappa shape index (κ3) is 14.6. The van der Waals surface area contributed by atoms with Gasteiger partial charge in [-0.25, -0.2) is 4.79 Å². The van der Waals surface area contributed by atoms with Crippen molar-refractivity contribution in [3.8, 4) is 6.07 Å². The van der Waals surface area contributed by atoms with Gasteiger partial charge in [0.05, 0.1) is 12.7 Å². The second-order valence-corrected chi connectivity index (χ2v) is 4.81. The van der Waals surface area contributed by atoms with Crippen LogP contribution in [-0.2, 0) is 9.53 Å². The molecule has 0 aliphatic heterocycles. The Morgan fingerprint density at radius 2 is 1.53 bits per heavy atom. The molecule has 3 heteroatoms. The molecule has 0 aliphatic carbocycles. The molecular formula is C16H27NO2. The smallest absolute Gasteiger partial charge is 0.331 e. The Morgan fingerprint density at radius 1 is 1.00 bits per heavy atom. The number of esters is 1. The van der Waals surface area contributed by atoms with Crippen LogP contribution in [0.3, 0.4) is 0 Å². The van der Waals surface area contributed by atoms with E-state index in [9.17, 15) is 4.79 Å². The Hall–Kier alpha value is -1.30. The number of ether oxygens (including phenoxy) is 1. The number of allylic oxidation sites excluding steroid dienone is 1. The van der Waals surface area contributed by atoms with E-state index in [1.807, 2.05) is 0 Å². The molecule has 0 saturated carbocycles. The lowest BCUT2D eigenvalue weighted by Crippen LogP contribution is -2.02. The van der Waals surface area contributed by atoms with Gasteiger partial charge in [-0.1, -0.05) is 64.7 Å². The predicted molar refractivity (Wildman–Crippen MR) is 77.6 cm³/mol. The van der Waals surface area contributed by atoms with Gasteiger partial charge in [-0.2, -0.15) is 5.26 Å². The summed E-state index contributed by atoms with van der Waals surface area (Å²) in [5.74, 6) is -0.419. The van der Waals surface area contributed by atoms with Gasteiger partial charge < -0.3 is 4.74 Å². The van der Waals surface area contributed by atoms with Crippen LogP contribution in [-0.4, -0.2) is 12.6 Å². The summed E-state index contributed by atoms with van der Waals surface area (Å²) in [5, 5.41) is 8.23. The number of nitrogens with zero attached hydrogens (tertiary/aromatic N) is 1. The van der Waals surface area contributed by atoms with Gasteiger partial charge in [0.2, 0.25) is 0 Å². The lowest BCUT2D eigenvalue weighted by atomic mass is 10.1. The second kappa shape index (κ2) is 14.8. The van der Waals surface area contributed by atoms with E-state index in [1.54, 1.807) is 6.07 Å². The van der Waals surface area contributed by atoms with Crippen molar-refractivity contribution >= 4 is 5.97 Å². The summed E-state index contributed by atoms with van der Waals surface area (Å²) >= 11 is 0. The van der Waals surface area contributed by atoms with Gasteiger partial charge in [0.15, 0.2) is 0 Å². The van der Waals surface area contributed by atoms with Crippen LogP contribution < -0.4 is 0 Å². The third-order valence-corrected chi connectivity index (χ3v) is 3.04. The lowest BCUT2D eigenvalue weighted by molar-refractivity contribution is -0.137. The van der Waals surface area contributed by atoms with Crippen molar-refractivity contribution in [3.05, 3.63) is 12.2 Å². The monoisotopic (exact) mass is 265 g/mol. The first kappa shape index (κ1) is 17.7. The summed E-state index contributed by atoms with van der Waals surface area (Å²) in [5.41, 5.74) is 0. The number of hydrogen-bond donors (Lipinski definition) is 0. The molecule has 0 spiro atoms. The first-order chi connectivity index (χ1) is 9.31. The van der Waals surface area contributed by atoms with Crippen molar-refractivity contribution in [1.29, 1.82) is 5.26 Å². The van der Waals surface area contributed by atoms with Crippen LogP contribution >= 0.6 is 0 Å². The summed E-state index contributed by atoms with van der Waals surface area (Å²) in [7, 11) is 0. The molecule has 0 aromatic heterocycles. The summed E-state index contributed by atoms with van der Waals surface area (Å²) in [4.78, 5) is 11.0. The van der Waals surface area contributed by atoms with E-state index in [0.29, 0.717) is 6.61 Å². The van der Waals surface area contributed by atoms with E-state index in [-0.39, 0.29) is 0 Å². The van der Waals surface area contributed by atoms with Gasteiger partial charge in [-0.15, -0.1) is 0 Å². The molecule has 0 rings (SSSR count). The normalized spacial score (nSPS) is 10.5. The maximum Gasteiger partial charge on any atom is 0.331 e. The van der Waals surface area contributed by atoms with Crippen molar-refractivity contribution in [2.75, 3.05) is 6.61 Å². The van der Waals surface area contributed by atoms with Crippen LogP contribution in [0.5, 0.6) is 0 Å². The van der Waals surface area contributed by atoms with Crippen LogP contribution in [0, 0.1) is 11.3 Å². The van der Waals surface area contributed by atoms with Crippen LogP contribution in [0.25, 0.3) is 0 Å². The van der Waals surface area contributed by atoms with Crippen molar-refractivity contribution in [1.82, 2.24) is 0 Å². The van der Waals surface area contributed by atoms with Crippen molar-refractivity contribution < 1.29 is 9.53 Å². The molecule has 0 radical (unpaired) electrons. The van der Waals surface area contributed by atoms with Crippen molar-refractivity contribution in [2.24, 2.45) is 0 Å². The Balaban J connectivity index is 3.13. The molecule has 108 valence electrons. The molecule has 0 heterocycles. The molecule has 0 bridgehead atoms. The quantitative estimate of drug-likeness (QED) is 0.225. The molecule has 0 aromatic rings. The Labute approximate surface area is 117 Å². The minimum absolute atomic E-state index is 0.419. The van der Waals surface area contributed by atoms with E-state index in [4.69, 9.17) is 10.00 Å². The largest absolute Gasteiger partial charge is 0.463 e. The highest BCUT2D eigenvalue weighted by atomic mass is 16.5. The number of rotatable bonds is 12. The fourth-order valence-electron chi connectivity index (χ4n) is 1.92. The zero-order valence-electron chi connectivity index (χ0n) is 12.2. The number of hydrogen-bond acceptors (Lipinski definition) is 3. The van der Waals surface area contributed by atoms with Crippen LogP contribution in [0.15, 0.2) is 12.2 Å². The Kier molecular flexibility index (Phi) is 13.7. The molecule has 19 heavy (non-hydrogen) atoms. The summed E-state index contributed by atoms with van der Waals surface area (Å²) in [6.45, 7) is 2.70.